The summed E-state index contributed by atoms with van der Waals surface area (Å²) in [6.45, 7) is 4.48. The third-order valence-corrected chi connectivity index (χ3v) is 4.90. The zero-order valence-corrected chi connectivity index (χ0v) is 14.9. The summed E-state index contributed by atoms with van der Waals surface area (Å²) in [4.78, 5) is 26.6. The van der Waals surface area contributed by atoms with Crippen molar-refractivity contribution in [1.82, 2.24) is 15.5 Å². The molecule has 2 fully saturated rings. The number of hydrogen-bond acceptors (Lipinski definition) is 4. The SMILES string of the molecule is CC(C(=O)NC1CCCC1)N1CCCC(C(=O)NCCN)C1.Cl. The van der Waals surface area contributed by atoms with Crippen LogP contribution in [0.4, 0.5) is 0 Å². The monoisotopic (exact) mass is 346 g/mol. The Hall–Kier alpha value is -0.850. The Morgan fingerprint density at radius 3 is 2.57 bits per heavy atom. The van der Waals surface area contributed by atoms with E-state index in [9.17, 15) is 9.59 Å². The molecule has 23 heavy (non-hydrogen) atoms. The lowest BCUT2D eigenvalue weighted by atomic mass is 9.95. The molecule has 0 aromatic heterocycles. The minimum Gasteiger partial charge on any atom is -0.355 e. The first-order valence-corrected chi connectivity index (χ1v) is 8.64. The normalized spacial score (nSPS) is 23.8. The van der Waals surface area contributed by atoms with Gasteiger partial charge in [-0.05, 0) is 39.2 Å². The predicted molar refractivity (Wildman–Crippen MR) is 93.5 cm³/mol. The summed E-state index contributed by atoms with van der Waals surface area (Å²) in [5, 5.41) is 6.01. The van der Waals surface area contributed by atoms with Gasteiger partial charge in [0.1, 0.15) is 0 Å². The molecule has 134 valence electrons. The Labute approximate surface area is 145 Å². The van der Waals surface area contributed by atoms with Gasteiger partial charge >= 0.3 is 0 Å². The van der Waals surface area contributed by atoms with Gasteiger partial charge in [0.2, 0.25) is 11.8 Å². The lowest BCUT2D eigenvalue weighted by molar-refractivity contribution is -0.131. The molecule has 2 atom stereocenters. The molecule has 2 amide bonds. The van der Waals surface area contributed by atoms with Crippen LogP contribution >= 0.6 is 12.4 Å². The van der Waals surface area contributed by atoms with Crippen LogP contribution in [0.1, 0.15) is 45.4 Å². The van der Waals surface area contributed by atoms with Crippen LogP contribution in [0.25, 0.3) is 0 Å². The molecule has 1 aliphatic carbocycles. The van der Waals surface area contributed by atoms with Crippen molar-refractivity contribution in [2.75, 3.05) is 26.2 Å². The molecule has 0 aromatic rings. The molecule has 6 nitrogen and oxygen atoms in total. The molecule has 1 saturated heterocycles. The molecule has 1 heterocycles. The Balaban J connectivity index is 0.00000264. The number of halogens is 1. The standard InChI is InChI=1S/C16H30N4O2.ClH/c1-12(15(21)19-14-6-2-3-7-14)20-10-4-5-13(11-20)16(22)18-9-8-17;/h12-14H,2-11,17H2,1H3,(H,18,22)(H,19,21);1H. The highest BCUT2D eigenvalue weighted by atomic mass is 35.5. The van der Waals surface area contributed by atoms with Crippen molar-refractivity contribution in [3.05, 3.63) is 0 Å². The number of nitrogens with two attached hydrogens (primary N) is 1. The van der Waals surface area contributed by atoms with Crippen LogP contribution < -0.4 is 16.4 Å². The van der Waals surface area contributed by atoms with Gasteiger partial charge < -0.3 is 16.4 Å². The maximum atomic E-state index is 12.4. The molecule has 0 aromatic carbocycles. The van der Waals surface area contributed by atoms with Gasteiger partial charge in [-0.1, -0.05) is 12.8 Å². The smallest absolute Gasteiger partial charge is 0.237 e. The van der Waals surface area contributed by atoms with Crippen LogP contribution in [0.5, 0.6) is 0 Å². The number of carbonyl (C=O) groups excluding carboxylic acids is 2. The molecular formula is C16H31ClN4O2. The average Bonchev–Trinajstić information content (AvgIpc) is 3.04. The summed E-state index contributed by atoms with van der Waals surface area (Å²) in [6, 6.07) is 0.189. The van der Waals surface area contributed by atoms with Crippen molar-refractivity contribution in [2.45, 2.75) is 57.5 Å². The number of amides is 2. The molecule has 0 radical (unpaired) electrons. The molecule has 0 bridgehead atoms. The van der Waals surface area contributed by atoms with E-state index in [0.29, 0.717) is 25.7 Å². The summed E-state index contributed by atoms with van der Waals surface area (Å²) in [5.41, 5.74) is 5.42. The van der Waals surface area contributed by atoms with E-state index in [1.54, 1.807) is 0 Å². The molecule has 4 N–H and O–H groups in total. The summed E-state index contributed by atoms with van der Waals surface area (Å²) in [5.74, 6) is 0.149. The second-order valence-corrected chi connectivity index (χ2v) is 6.58. The fourth-order valence-electron chi connectivity index (χ4n) is 3.47. The first kappa shape index (κ1) is 20.2. The number of piperidine rings is 1. The van der Waals surface area contributed by atoms with Gasteiger partial charge in [-0.2, -0.15) is 0 Å². The Morgan fingerprint density at radius 2 is 1.91 bits per heavy atom. The van der Waals surface area contributed by atoms with Crippen LogP contribution in [0.3, 0.4) is 0 Å². The largest absolute Gasteiger partial charge is 0.355 e. The van der Waals surface area contributed by atoms with E-state index < -0.39 is 0 Å². The number of hydrogen-bond donors (Lipinski definition) is 3. The minimum absolute atomic E-state index is 0. The fourth-order valence-corrected chi connectivity index (χ4v) is 3.47. The number of rotatable bonds is 6. The van der Waals surface area contributed by atoms with Crippen molar-refractivity contribution < 1.29 is 9.59 Å². The van der Waals surface area contributed by atoms with Gasteiger partial charge in [0.25, 0.3) is 0 Å². The maximum Gasteiger partial charge on any atom is 0.237 e. The van der Waals surface area contributed by atoms with Gasteiger partial charge in [-0.3, -0.25) is 14.5 Å². The van der Waals surface area contributed by atoms with Crippen LogP contribution in [0, 0.1) is 5.92 Å². The zero-order chi connectivity index (χ0) is 15.9. The maximum absolute atomic E-state index is 12.4. The molecule has 2 aliphatic rings. The van der Waals surface area contributed by atoms with Gasteiger partial charge in [0, 0.05) is 25.7 Å². The second-order valence-electron chi connectivity index (χ2n) is 6.58. The third kappa shape index (κ3) is 5.94. The van der Waals surface area contributed by atoms with E-state index in [1.165, 1.54) is 12.8 Å². The molecule has 2 unspecified atom stereocenters. The van der Waals surface area contributed by atoms with E-state index in [1.807, 2.05) is 6.92 Å². The van der Waals surface area contributed by atoms with Crippen LogP contribution in [-0.4, -0.2) is 55.0 Å². The van der Waals surface area contributed by atoms with E-state index >= 15 is 0 Å². The summed E-state index contributed by atoms with van der Waals surface area (Å²) in [7, 11) is 0. The summed E-state index contributed by atoms with van der Waals surface area (Å²) < 4.78 is 0. The lowest BCUT2D eigenvalue weighted by Gasteiger charge is -2.35. The van der Waals surface area contributed by atoms with Crippen LogP contribution in [0.15, 0.2) is 0 Å². The van der Waals surface area contributed by atoms with E-state index in [4.69, 9.17) is 5.73 Å². The van der Waals surface area contributed by atoms with E-state index in [-0.39, 0.29) is 36.2 Å². The second kappa shape index (κ2) is 10.1. The number of nitrogens with one attached hydrogen (secondary N) is 2. The molecule has 1 saturated carbocycles. The first-order chi connectivity index (χ1) is 10.6. The van der Waals surface area contributed by atoms with Crippen molar-refractivity contribution in [2.24, 2.45) is 11.7 Å². The Kier molecular flexibility index (Phi) is 8.87. The zero-order valence-electron chi connectivity index (χ0n) is 14.1. The highest BCUT2D eigenvalue weighted by Crippen LogP contribution is 2.20. The molecule has 7 heteroatoms. The third-order valence-electron chi connectivity index (χ3n) is 4.90. The minimum atomic E-state index is -0.161. The van der Waals surface area contributed by atoms with Crippen LogP contribution in [0.2, 0.25) is 0 Å². The van der Waals surface area contributed by atoms with Crippen molar-refractivity contribution in [3.8, 4) is 0 Å². The summed E-state index contributed by atoms with van der Waals surface area (Å²) >= 11 is 0. The van der Waals surface area contributed by atoms with Gasteiger partial charge in [0.15, 0.2) is 0 Å². The highest BCUT2D eigenvalue weighted by Gasteiger charge is 2.31. The van der Waals surface area contributed by atoms with E-state index in [0.717, 1.165) is 32.2 Å². The van der Waals surface area contributed by atoms with Gasteiger partial charge in [0.05, 0.1) is 12.0 Å². The van der Waals surface area contributed by atoms with Gasteiger partial charge in [-0.25, -0.2) is 0 Å². The topological polar surface area (TPSA) is 87.5 Å². The number of nitrogens with zero attached hydrogens (tertiary/aromatic N) is 1. The Morgan fingerprint density at radius 1 is 1.22 bits per heavy atom. The van der Waals surface area contributed by atoms with Gasteiger partial charge in [-0.15, -0.1) is 12.4 Å². The lowest BCUT2D eigenvalue weighted by Crippen LogP contribution is -2.52. The first-order valence-electron chi connectivity index (χ1n) is 8.64. The summed E-state index contributed by atoms with van der Waals surface area (Å²) in [6.07, 6.45) is 6.48. The quantitative estimate of drug-likeness (QED) is 0.658. The molecular weight excluding hydrogens is 316 g/mol. The van der Waals surface area contributed by atoms with Crippen LogP contribution in [-0.2, 0) is 9.59 Å². The average molecular weight is 347 g/mol. The van der Waals surface area contributed by atoms with Crippen molar-refractivity contribution in [3.63, 3.8) is 0 Å². The number of carbonyl (C=O) groups is 2. The number of likely N-dealkylation sites (tertiary alicyclic amines) is 1. The Bertz CT molecular complexity index is 388. The molecule has 1 aliphatic heterocycles. The fraction of sp³-hybridized carbons (Fsp3) is 0.875. The molecule has 2 rings (SSSR count). The van der Waals surface area contributed by atoms with Crippen molar-refractivity contribution >= 4 is 24.2 Å². The highest BCUT2D eigenvalue weighted by molar-refractivity contribution is 5.85. The van der Waals surface area contributed by atoms with E-state index in [2.05, 4.69) is 15.5 Å². The molecule has 0 spiro atoms. The predicted octanol–water partition coefficient (Wildman–Crippen LogP) is 0.642. The van der Waals surface area contributed by atoms with Crippen molar-refractivity contribution in [1.29, 1.82) is 0 Å².